The first-order valence-corrected chi connectivity index (χ1v) is 9.16. The number of aryl methyl sites for hydroxylation is 1. The van der Waals surface area contributed by atoms with Gasteiger partial charge in [0.15, 0.2) is 0 Å². The van der Waals surface area contributed by atoms with Crippen molar-refractivity contribution in [3.05, 3.63) is 70.3 Å². The average Bonchev–Trinajstić information content (AvgIpc) is 2.70. The van der Waals surface area contributed by atoms with Gasteiger partial charge in [0.2, 0.25) is 0 Å². The second kappa shape index (κ2) is 10.1. The molecular weight excluding hydrogens is 372 g/mol. The third-order valence-corrected chi connectivity index (χ3v) is 4.20. The smallest absolute Gasteiger partial charge is 0.333 e. The molecule has 0 amide bonds. The molecule has 0 fully saturated rings. The van der Waals surface area contributed by atoms with Gasteiger partial charge in [-0.1, -0.05) is 6.58 Å². The second-order valence-corrected chi connectivity index (χ2v) is 6.44. The van der Waals surface area contributed by atoms with E-state index >= 15 is 0 Å². The van der Waals surface area contributed by atoms with Crippen LogP contribution in [0.3, 0.4) is 0 Å². The zero-order valence-corrected chi connectivity index (χ0v) is 16.8. The number of nitrogens with zero attached hydrogens (tertiary/aromatic N) is 4. The topological polar surface area (TPSA) is 97.4 Å². The highest BCUT2D eigenvalue weighted by molar-refractivity contribution is 5.86. The number of carbonyl (C=O) groups is 1. The summed E-state index contributed by atoms with van der Waals surface area (Å²) in [6.07, 6.45) is 0. The van der Waals surface area contributed by atoms with Gasteiger partial charge in [0, 0.05) is 29.9 Å². The van der Waals surface area contributed by atoms with Gasteiger partial charge < -0.3 is 9.64 Å². The molecule has 0 aliphatic rings. The fraction of sp³-hybridized carbons (Fsp3) is 0.286. The van der Waals surface area contributed by atoms with Crippen molar-refractivity contribution in [3.63, 3.8) is 0 Å². The van der Waals surface area contributed by atoms with E-state index in [0.29, 0.717) is 23.5 Å². The highest BCUT2D eigenvalue weighted by Crippen LogP contribution is 2.27. The quantitative estimate of drug-likeness (QED) is 0.189. The SMILES string of the molecule is C=C(C)C(=O)OCCN(CC)c1ccc(N=Nc2ccc([N+](=O)[O-])cc2)c(C)c1. The van der Waals surface area contributed by atoms with Crippen molar-refractivity contribution in [2.75, 3.05) is 24.6 Å². The molecular formula is C21H24N4O4. The molecule has 0 saturated heterocycles. The van der Waals surface area contributed by atoms with Gasteiger partial charge in [0.1, 0.15) is 6.61 Å². The van der Waals surface area contributed by atoms with Crippen LogP contribution >= 0.6 is 0 Å². The number of hydrogen-bond donors (Lipinski definition) is 0. The van der Waals surface area contributed by atoms with Crippen LogP contribution in [0.25, 0.3) is 0 Å². The van der Waals surface area contributed by atoms with E-state index in [0.717, 1.165) is 17.8 Å². The molecule has 0 saturated carbocycles. The molecule has 2 aromatic rings. The predicted molar refractivity (Wildman–Crippen MR) is 112 cm³/mol. The molecule has 0 aromatic heterocycles. The maximum absolute atomic E-state index is 11.5. The molecule has 0 radical (unpaired) electrons. The maximum atomic E-state index is 11.5. The first-order valence-electron chi connectivity index (χ1n) is 9.16. The molecule has 0 bridgehead atoms. The molecule has 152 valence electrons. The van der Waals surface area contributed by atoms with Gasteiger partial charge in [-0.15, -0.1) is 0 Å². The monoisotopic (exact) mass is 396 g/mol. The van der Waals surface area contributed by atoms with Crippen molar-refractivity contribution in [1.82, 2.24) is 0 Å². The summed E-state index contributed by atoms with van der Waals surface area (Å²) in [5.41, 5.74) is 3.56. The van der Waals surface area contributed by atoms with E-state index in [9.17, 15) is 14.9 Å². The Labute approximate surface area is 169 Å². The molecule has 29 heavy (non-hydrogen) atoms. The Morgan fingerprint density at radius 2 is 1.90 bits per heavy atom. The third-order valence-electron chi connectivity index (χ3n) is 4.20. The van der Waals surface area contributed by atoms with Crippen LogP contribution in [-0.4, -0.2) is 30.6 Å². The lowest BCUT2D eigenvalue weighted by Crippen LogP contribution is -2.28. The van der Waals surface area contributed by atoms with Crippen LogP contribution in [-0.2, 0) is 9.53 Å². The second-order valence-electron chi connectivity index (χ2n) is 6.44. The molecule has 0 spiro atoms. The minimum atomic E-state index is -0.456. The number of likely N-dealkylation sites (N-methyl/N-ethyl adjacent to an activating group) is 1. The third kappa shape index (κ3) is 6.24. The number of nitro benzene ring substituents is 1. The van der Waals surface area contributed by atoms with Gasteiger partial charge in [-0.05, 0) is 56.7 Å². The largest absolute Gasteiger partial charge is 0.460 e. The predicted octanol–water partition coefficient (Wildman–Crippen LogP) is 5.26. The lowest BCUT2D eigenvalue weighted by atomic mass is 10.1. The Hall–Kier alpha value is -3.55. The van der Waals surface area contributed by atoms with Crippen molar-refractivity contribution in [1.29, 1.82) is 0 Å². The van der Waals surface area contributed by atoms with Crippen LogP contribution < -0.4 is 4.90 Å². The standard InChI is InChI=1S/C21H24N4O4/c1-5-24(12-13-29-21(26)15(2)3)19-10-11-20(16(4)14-19)23-22-17-6-8-18(9-7-17)25(27)28/h6-11,14H,2,5,12-13H2,1,3-4H3. The van der Waals surface area contributed by atoms with Crippen LogP contribution in [0.5, 0.6) is 0 Å². The summed E-state index contributed by atoms with van der Waals surface area (Å²) in [5.74, 6) is -0.390. The minimum absolute atomic E-state index is 0.0121. The number of ether oxygens (including phenoxy) is 1. The number of nitro groups is 1. The van der Waals surface area contributed by atoms with Gasteiger partial charge in [-0.3, -0.25) is 10.1 Å². The maximum Gasteiger partial charge on any atom is 0.333 e. The number of hydrogen-bond acceptors (Lipinski definition) is 7. The number of benzene rings is 2. The van der Waals surface area contributed by atoms with Crippen molar-refractivity contribution in [2.45, 2.75) is 20.8 Å². The van der Waals surface area contributed by atoms with Gasteiger partial charge in [0.25, 0.3) is 5.69 Å². The van der Waals surface area contributed by atoms with Crippen molar-refractivity contribution >= 4 is 28.7 Å². The lowest BCUT2D eigenvalue weighted by Gasteiger charge is -2.23. The summed E-state index contributed by atoms with van der Waals surface area (Å²) in [4.78, 5) is 23.8. The van der Waals surface area contributed by atoms with Gasteiger partial charge >= 0.3 is 5.97 Å². The molecule has 0 atom stereocenters. The van der Waals surface area contributed by atoms with Crippen molar-refractivity contribution < 1.29 is 14.5 Å². The van der Waals surface area contributed by atoms with E-state index < -0.39 is 4.92 Å². The normalized spacial score (nSPS) is 10.7. The molecule has 0 unspecified atom stereocenters. The number of carbonyl (C=O) groups excluding carboxylic acids is 1. The van der Waals surface area contributed by atoms with Crippen LogP contribution in [0, 0.1) is 17.0 Å². The Balaban J connectivity index is 2.05. The van der Waals surface area contributed by atoms with E-state index in [2.05, 4.69) is 21.7 Å². The summed E-state index contributed by atoms with van der Waals surface area (Å²) in [7, 11) is 0. The molecule has 0 aliphatic heterocycles. The summed E-state index contributed by atoms with van der Waals surface area (Å²) in [5, 5.41) is 19.1. The number of non-ortho nitro benzene ring substituents is 1. The van der Waals surface area contributed by atoms with Crippen LogP contribution in [0.2, 0.25) is 0 Å². The van der Waals surface area contributed by atoms with E-state index in [1.54, 1.807) is 19.1 Å². The molecule has 0 heterocycles. The van der Waals surface area contributed by atoms with Crippen LogP contribution in [0.4, 0.5) is 22.7 Å². The number of rotatable bonds is 9. The zero-order valence-electron chi connectivity index (χ0n) is 16.8. The van der Waals surface area contributed by atoms with Crippen molar-refractivity contribution in [2.24, 2.45) is 10.2 Å². The Morgan fingerprint density at radius 3 is 2.45 bits per heavy atom. The minimum Gasteiger partial charge on any atom is -0.460 e. The molecule has 0 N–H and O–H groups in total. The number of esters is 1. The highest BCUT2D eigenvalue weighted by atomic mass is 16.6. The van der Waals surface area contributed by atoms with Crippen LogP contribution in [0.15, 0.2) is 64.8 Å². The fourth-order valence-electron chi connectivity index (χ4n) is 2.54. The van der Waals surface area contributed by atoms with Gasteiger partial charge in [-0.2, -0.15) is 10.2 Å². The molecule has 0 aliphatic carbocycles. The van der Waals surface area contributed by atoms with Crippen LogP contribution in [0.1, 0.15) is 19.4 Å². The molecule has 8 nitrogen and oxygen atoms in total. The summed E-state index contributed by atoms with van der Waals surface area (Å²) < 4.78 is 5.17. The molecule has 2 aromatic carbocycles. The zero-order chi connectivity index (χ0) is 21.4. The first kappa shape index (κ1) is 21.7. The number of azo groups is 1. The first-order chi connectivity index (χ1) is 13.8. The van der Waals surface area contributed by atoms with E-state index in [4.69, 9.17) is 4.74 Å². The summed E-state index contributed by atoms with van der Waals surface area (Å²) >= 11 is 0. The van der Waals surface area contributed by atoms with E-state index in [-0.39, 0.29) is 18.3 Å². The lowest BCUT2D eigenvalue weighted by molar-refractivity contribution is -0.384. The molecule has 2 rings (SSSR count). The molecule has 8 heteroatoms. The summed E-state index contributed by atoms with van der Waals surface area (Å²) in [6, 6.07) is 11.7. The van der Waals surface area contributed by atoms with Gasteiger partial charge in [0.05, 0.1) is 22.8 Å². The number of anilines is 1. The fourth-order valence-corrected chi connectivity index (χ4v) is 2.54. The van der Waals surface area contributed by atoms with Gasteiger partial charge in [-0.25, -0.2) is 4.79 Å². The summed E-state index contributed by atoms with van der Waals surface area (Å²) in [6.45, 7) is 10.7. The van der Waals surface area contributed by atoms with E-state index in [1.807, 2.05) is 32.0 Å². The Kier molecular flexibility index (Phi) is 7.59. The highest BCUT2D eigenvalue weighted by Gasteiger charge is 2.09. The van der Waals surface area contributed by atoms with Crippen molar-refractivity contribution in [3.8, 4) is 0 Å². The Bertz CT molecular complexity index is 923. The average molecular weight is 396 g/mol. The Morgan fingerprint density at radius 1 is 1.21 bits per heavy atom. The van der Waals surface area contributed by atoms with E-state index in [1.165, 1.54) is 12.1 Å².